The van der Waals surface area contributed by atoms with Crippen molar-refractivity contribution in [3.63, 3.8) is 0 Å². The number of sulfone groups is 1. The fourth-order valence-corrected chi connectivity index (χ4v) is 4.74. The molecule has 0 unspecified atom stereocenters. The molecule has 0 spiro atoms. The summed E-state index contributed by atoms with van der Waals surface area (Å²) < 4.78 is 24.0. The van der Waals surface area contributed by atoms with Gasteiger partial charge >= 0.3 is 0 Å². The maximum atomic E-state index is 12.7. The first-order valence-electron chi connectivity index (χ1n) is 6.41. The van der Waals surface area contributed by atoms with E-state index < -0.39 is 19.3 Å². The molecule has 0 bridgehead atoms. The van der Waals surface area contributed by atoms with Gasteiger partial charge in [0, 0.05) is 0 Å². The maximum Gasteiger partial charge on any atom is 0.160 e. The van der Waals surface area contributed by atoms with E-state index in [1.54, 1.807) is 20.8 Å². The predicted octanol–water partition coefficient (Wildman–Crippen LogP) is 4.05. The van der Waals surface area contributed by atoms with Crippen molar-refractivity contribution in [3.8, 4) is 0 Å². The van der Waals surface area contributed by atoms with Gasteiger partial charge in [-0.1, -0.05) is 27.7 Å². The molecule has 0 aliphatic carbocycles. The minimum absolute atomic E-state index is 0.229. The molecule has 0 atom stereocenters. The van der Waals surface area contributed by atoms with Crippen LogP contribution in [-0.4, -0.2) is 17.9 Å². The molecule has 2 nitrogen and oxygen atoms in total. The van der Waals surface area contributed by atoms with E-state index in [2.05, 4.69) is 27.7 Å². The molecule has 0 N–H and O–H groups in total. The average Bonchev–Trinajstić information content (AvgIpc) is 1.98. The topological polar surface area (TPSA) is 34.1 Å². The molecular weight excluding hydrogens is 232 g/mol. The van der Waals surface area contributed by atoms with Crippen LogP contribution in [0.4, 0.5) is 0 Å². The Morgan fingerprint density at radius 3 is 1.47 bits per heavy atom. The van der Waals surface area contributed by atoms with Gasteiger partial charge in [0.25, 0.3) is 0 Å². The van der Waals surface area contributed by atoms with Gasteiger partial charge in [0.05, 0.1) is 9.49 Å². The zero-order chi connectivity index (χ0) is 14.3. The molecule has 3 heteroatoms. The molecule has 0 saturated carbocycles. The highest BCUT2D eigenvalue weighted by Crippen LogP contribution is 2.45. The third kappa shape index (κ3) is 3.04. The van der Waals surface area contributed by atoms with Crippen LogP contribution < -0.4 is 0 Å². The normalized spacial score (nSPS) is 15.4. The van der Waals surface area contributed by atoms with Crippen LogP contribution in [0.3, 0.4) is 0 Å². The summed E-state index contributed by atoms with van der Waals surface area (Å²) in [6.45, 7) is 17.5. The highest BCUT2D eigenvalue weighted by atomic mass is 32.2. The third-order valence-electron chi connectivity index (χ3n) is 4.03. The molecule has 0 rings (SSSR count). The molecular formula is C14H30O2S. The molecule has 0 fully saturated rings. The first-order chi connectivity index (χ1) is 7.17. The van der Waals surface area contributed by atoms with Gasteiger partial charge < -0.3 is 0 Å². The average molecular weight is 262 g/mol. The van der Waals surface area contributed by atoms with E-state index in [0.717, 1.165) is 6.42 Å². The second-order valence-electron chi connectivity index (χ2n) is 7.61. The molecule has 0 aliphatic rings. The Morgan fingerprint density at radius 2 is 1.24 bits per heavy atom. The Hall–Kier alpha value is -0.0500. The Labute approximate surface area is 108 Å². The lowest BCUT2D eigenvalue weighted by Gasteiger charge is -2.45. The summed E-state index contributed by atoms with van der Waals surface area (Å²) in [6.07, 6.45) is 0.912. The summed E-state index contributed by atoms with van der Waals surface area (Å²) in [5, 5.41) is 0. The molecule has 17 heavy (non-hydrogen) atoms. The standard InChI is InChI=1S/C14H30O2S/c1-11(2)10-13(6,7)14(8,9)17(15,16)12(3,4)5/h11H,10H2,1-9H3. The SMILES string of the molecule is CC(C)CC(C)(C)C(C)(C)S(=O)(=O)C(C)(C)C. The molecule has 0 aromatic carbocycles. The van der Waals surface area contributed by atoms with Gasteiger partial charge in [-0.15, -0.1) is 0 Å². The van der Waals surface area contributed by atoms with E-state index >= 15 is 0 Å². The lowest BCUT2D eigenvalue weighted by molar-refractivity contribution is 0.214. The summed E-state index contributed by atoms with van der Waals surface area (Å²) in [7, 11) is -3.18. The first kappa shape index (κ1) is 16.9. The van der Waals surface area contributed by atoms with E-state index in [1.807, 2.05) is 13.8 Å². The van der Waals surface area contributed by atoms with E-state index in [4.69, 9.17) is 0 Å². The van der Waals surface area contributed by atoms with Crippen molar-refractivity contribution >= 4 is 9.84 Å². The van der Waals surface area contributed by atoms with Gasteiger partial charge in [0.2, 0.25) is 0 Å². The van der Waals surface area contributed by atoms with Crippen molar-refractivity contribution in [1.29, 1.82) is 0 Å². The molecule has 0 aromatic heterocycles. The Morgan fingerprint density at radius 1 is 0.882 bits per heavy atom. The highest BCUT2D eigenvalue weighted by molar-refractivity contribution is 7.94. The van der Waals surface area contributed by atoms with Crippen molar-refractivity contribution in [3.05, 3.63) is 0 Å². The molecule has 0 heterocycles. The van der Waals surface area contributed by atoms with Crippen molar-refractivity contribution in [1.82, 2.24) is 0 Å². The lowest BCUT2D eigenvalue weighted by atomic mass is 9.74. The Balaban J connectivity index is 5.57. The van der Waals surface area contributed by atoms with Crippen LogP contribution in [0.2, 0.25) is 0 Å². The summed E-state index contributed by atoms with van der Waals surface area (Å²) >= 11 is 0. The summed E-state index contributed by atoms with van der Waals surface area (Å²) in [4.78, 5) is 0. The Bertz CT molecular complexity index is 354. The largest absolute Gasteiger partial charge is 0.228 e. The molecule has 104 valence electrons. The number of rotatable bonds is 4. The van der Waals surface area contributed by atoms with Crippen molar-refractivity contribution in [2.24, 2.45) is 11.3 Å². The van der Waals surface area contributed by atoms with Gasteiger partial charge in [-0.25, -0.2) is 8.42 Å². The summed E-state index contributed by atoms with van der Waals surface area (Å²) in [6, 6.07) is 0. The summed E-state index contributed by atoms with van der Waals surface area (Å²) in [5.41, 5.74) is -0.229. The number of hydrogen-bond donors (Lipinski definition) is 0. The predicted molar refractivity (Wildman–Crippen MR) is 76.0 cm³/mol. The van der Waals surface area contributed by atoms with Crippen LogP contribution in [0.5, 0.6) is 0 Å². The smallest absolute Gasteiger partial charge is 0.160 e. The highest BCUT2D eigenvalue weighted by Gasteiger charge is 2.51. The first-order valence-corrected chi connectivity index (χ1v) is 7.89. The van der Waals surface area contributed by atoms with E-state index in [-0.39, 0.29) is 5.41 Å². The second kappa shape index (κ2) is 4.56. The van der Waals surface area contributed by atoms with E-state index in [1.165, 1.54) is 0 Å². The van der Waals surface area contributed by atoms with Crippen molar-refractivity contribution < 1.29 is 8.42 Å². The van der Waals surface area contributed by atoms with Crippen molar-refractivity contribution in [2.45, 2.75) is 78.2 Å². The van der Waals surface area contributed by atoms with Crippen LogP contribution in [0.15, 0.2) is 0 Å². The fourth-order valence-electron chi connectivity index (χ4n) is 2.40. The quantitative estimate of drug-likeness (QED) is 0.766. The third-order valence-corrected chi connectivity index (χ3v) is 7.54. The maximum absolute atomic E-state index is 12.7. The zero-order valence-electron chi connectivity index (χ0n) is 13.0. The van der Waals surface area contributed by atoms with Crippen molar-refractivity contribution in [2.75, 3.05) is 0 Å². The van der Waals surface area contributed by atoms with Gasteiger partial charge in [0.1, 0.15) is 0 Å². The van der Waals surface area contributed by atoms with Crippen LogP contribution in [-0.2, 0) is 9.84 Å². The molecule has 0 aliphatic heterocycles. The lowest BCUT2D eigenvalue weighted by Crippen LogP contribution is -2.53. The minimum Gasteiger partial charge on any atom is -0.228 e. The molecule has 0 radical (unpaired) electrons. The van der Waals surface area contributed by atoms with Gasteiger partial charge in [-0.3, -0.25) is 0 Å². The van der Waals surface area contributed by atoms with E-state index in [0.29, 0.717) is 5.92 Å². The van der Waals surface area contributed by atoms with E-state index in [9.17, 15) is 8.42 Å². The zero-order valence-corrected chi connectivity index (χ0v) is 13.8. The van der Waals surface area contributed by atoms with Gasteiger partial charge in [-0.2, -0.15) is 0 Å². The fraction of sp³-hybridized carbons (Fsp3) is 1.00. The number of hydrogen-bond acceptors (Lipinski definition) is 2. The van der Waals surface area contributed by atoms with Crippen LogP contribution in [0, 0.1) is 11.3 Å². The van der Waals surface area contributed by atoms with Crippen LogP contribution >= 0.6 is 0 Å². The second-order valence-corrected chi connectivity index (χ2v) is 10.9. The minimum atomic E-state index is -3.18. The van der Waals surface area contributed by atoms with Crippen LogP contribution in [0.1, 0.15) is 68.7 Å². The van der Waals surface area contributed by atoms with Gasteiger partial charge in [0.15, 0.2) is 9.84 Å². The van der Waals surface area contributed by atoms with Gasteiger partial charge in [-0.05, 0) is 52.4 Å². The summed E-state index contributed by atoms with van der Waals surface area (Å²) in [5.74, 6) is 0.499. The molecule has 0 aromatic rings. The molecule has 0 amide bonds. The van der Waals surface area contributed by atoms with Crippen LogP contribution in [0.25, 0.3) is 0 Å². The molecule has 0 saturated heterocycles. The Kier molecular flexibility index (Phi) is 4.55. The monoisotopic (exact) mass is 262 g/mol.